The van der Waals surface area contributed by atoms with E-state index in [1.54, 1.807) is 0 Å². The molecule has 0 saturated carbocycles. The van der Waals surface area contributed by atoms with Crippen molar-refractivity contribution < 1.29 is 13.3 Å². The predicted molar refractivity (Wildman–Crippen MR) is 202 cm³/mol. The van der Waals surface area contributed by atoms with Crippen LogP contribution >= 0.6 is 0 Å². The van der Waals surface area contributed by atoms with Crippen molar-refractivity contribution in [1.82, 2.24) is 0 Å². The zero-order chi connectivity index (χ0) is 32.1. The number of hydrogen-bond acceptors (Lipinski definition) is 3. The van der Waals surface area contributed by atoms with Crippen LogP contribution in [0.4, 0.5) is 0 Å². The van der Waals surface area contributed by atoms with Crippen LogP contribution in [0.3, 0.4) is 0 Å². The summed E-state index contributed by atoms with van der Waals surface area (Å²) in [5, 5.41) is 10.2. The summed E-state index contributed by atoms with van der Waals surface area (Å²) in [6.45, 7) is 0. The minimum Gasteiger partial charge on any atom is -0.456 e. The van der Waals surface area contributed by atoms with Crippen LogP contribution in [0.1, 0.15) is 0 Å². The number of hydrogen-bond donors (Lipinski definition) is 0. The smallest absolute Gasteiger partial charge is 0.178 e. The highest BCUT2D eigenvalue weighted by Gasteiger charge is 2.23. The van der Waals surface area contributed by atoms with Crippen molar-refractivity contribution in [3.63, 3.8) is 0 Å². The fraction of sp³-hybridized carbons (Fsp3) is 0. The summed E-state index contributed by atoms with van der Waals surface area (Å²) in [7, 11) is 0. The molecule has 49 heavy (non-hydrogen) atoms. The van der Waals surface area contributed by atoms with Gasteiger partial charge < -0.3 is 13.3 Å². The lowest BCUT2D eigenvalue weighted by Gasteiger charge is -2.18. The maximum absolute atomic E-state index is 6.67. The molecular formula is C46H26O3. The molecule has 0 N–H and O–H groups in total. The lowest BCUT2D eigenvalue weighted by Crippen LogP contribution is -1.91. The van der Waals surface area contributed by atoms with Gasteiger partial charge in [0.25, 0.3) is 0 Å². The number of para-hydroxylation sites is 1. The number of fused-ring (bicyclic) bond motifs is 10. The first-order valence-electron chi connectivity index (χ1n) is 16.6. The van der Waals surface area contributed by atoms with E-state index in [2.05, 4.69) is 127 Å². The van der Waals surface area contributed by atoms with Crippen molar-refractivity contribution in [1.29, 1.82) is 0 Å². The maximum atomic E-state index is 6.67. The molecule has 0 saturated heterocycles. The molecule has 0 aliphatic rings. The molecule has 11 rings (SSSR count). The van der Waals surface area contributed by atoms with Gasteiger partial charge in [0.1, 0.15) is 22.5 Å². The quantitative estimate of drug-likeness (QED) is 0.183. The summed E-state index contributed by atoms with van der Waals surface area (Å²) in [5.74, 6) is 0.830. The van der Waals surface area contributed by atoms with Gasteiger partial charge in [0.15, 0.2) is 11.2 Å². The Balaban J connectivity index is 1.24. The van der Waals surface area contributed by atoms with E-state index in [0.29, 0.717) is 0 Å². The Bertz CT molecular complexity index is 3040. The summed E-state index contributed by atoms with van der Waals surface area (Å²) in [6.07, 6.45) is 0. The Labute approximate surface area is 280 Å². The standard InChI is InChI=1S/C46H26O3/c1-2-12-27(13-3-1)40-26-28-24-25-36-44-35(20-11-23-39(44)48-46(36)45(28)49-40)42-31-16-6-4-14-29(31)41(30-15-5-7-17-32(30)42)34-19-10-22-38-43(34)33-18-8-9-21-37(33)47-38/h1-26H. The molecule has 3 heteroatoms. The molecule has 3 heterocycles. The van der Waals surface area contributed by atoms with Gasteiger partial charge in [0, 0.05) is 32.5 Å². The first-order chi connectivity index (χ1) is 24.3. The zero-order valence-corrected chi connectivity index (χ0v) is 26.2. The predicted octanol–water partition coefficient (Wildman–Crippen LogP) is 13.5. The lowest BCUT2D eigenvalue weighted by molar-refractivity contribution is 0.611. The summed E-state index contributed by atoms with van der Waals surface area (Å²) in [4.78, 5) is 0. The highest BCUT2D eigenvalue weighted by molar-refractivity contribution is 6.28. The van der Waals surface area contributed by atoms with Crippen LogP contribution < -0.4 is 0 Å². The van der Waals surface area contributed by atoms with Gasteiger partial charge in [0.2, 0.25) is 0 Å². The van der Waals surface area contributed by atoms with Crippen LogP contribution in [0.2, 0.25) is 0 Å². The lowest BCUT2D eigenvalue weighted by atomic mass is 9.84. The number of benzene rings is 8. The van der Waals surface area contributed by atoms with E-state index in [9.17, 15) is 0 Å². The summed E-state index contributed by atoms with van der Waals surface area (Å²) in [5.41, 5.74) is 9.92. The topological polar surface area (TPSA) is 39.4 Å². The van der Waals surface area contributed by atoms with E-state index in [0.717, 1.165) is 71.7 Å². The summed E-state index contributed by atoms with van der Waals surface area (Å²) >= 11 is 0. The highest BCUT2D eigenvalue weighted by atomic mass is 16.4. The largest absolute Gasteiger partial charge is 0.456 e. The SMILES string of the molecule is c1ccc(-c2cc3ccc4c(oc5cccc(-c6c7ccccc7c(-c7cccc8oc9ccccc9c78)c7ccccc67)c54)c3o2)cc1. The van der Waals surface area contributed by atoms with Crippen molar-refractivity contribution >= 4 is 76.4 Å². The van der Waals surface area contributed by atoms with E-state index in [1.807, 2.05) is 30.3 Å². The Morgan fingerprint density at radius 3 is 1.51 bits per heavy atom. The molecule has 0 aliphatic heterocycles. The number of rotatable bonds is 3. The van der Waals surface area contributed by atoms with E-state index in [4.69, 9.17) is 13.3 Å². The third-order valence-electron chi connectivity index (χ3n) is 10.1. The van der Waals surface area contributed by atoms with Gasteiger partial charge in [-0.25, -0.2) is 0 Å². The molecule has 11 aromatic rings. The first kappa shape index (κ1) is 26.5. The maximum Gasteiger partial charge on any atom is 0.178 e. The van der Waals surface area contributed by atoms with E-state index < -0.39 is 0 Å². The zero-order valence-electron chi connectivity index (χ0n) is 26.2. The molecule has 0 unspecified atom stereocenters. The average molecular weight is 627 g/mol. The van der Waals surface area contributed by atoms with Gasteiger partial charge in [-0.15, -0.1) is 0 Å². The third kappa shape index (κ3) is 3.73. The van der Waals surface area contributed by atoms with Crippen molar-refractivity contribution in [3.8, 4) is 33.6 Å². The molecule has 0 bridgehead atoms. The Hall–Kier alpha value is -6.58. The molecular weight excluding hydrogens is 601 g/mol. The normalized spacial score (nSPS) is 12.1. The van der Waals surface area contributed by atoms with Gasteiger partial charge >= 0.3 is 0 Å². The second-order valence-corrected chi connectivity index (χ2v) is 12.7. The van der Waals surface area contributed by atoms with E-state index in [1.165, 1.54) is 38.2 Å². The monoisotopic (exact) mass is 626 g/mol. The fourth-order valence-electron chi connectivity index (χ4n) is 8.02. The van der Waals surface area contributed by atoms with Crippen LogP contribution in [0.15, 0.2) is 171 Å². The molecule has 228 valence electrons. The van der Waals surface area contributed by atoms with Crippen LogP contribution in [-0.4, -0.2) is 0 Å². The van der Waals surface area contributed by atoms with E-state index >= 15 is 0 Å². The molecule has 3 nitrogen and oxygen atoms in total. The van der Waals surface area contributed by atoms with Crippen molar-refractivity contribution in [2.75, 3.05) is 0 Å². The van der Waals surface area contributed by atoms with Gasteiger partial charge in [0.05, 0.1) is 0 Å². The van der Waals surface area contributed by atoms with Gasteiger partial charge in [-0.3, -0.25) is 0 Å². The fourth-order valence-corrected chi connectivity index (χ4v) is 8.02. The van der Waals surface area contributed by atoms with Gasteiger partial charge in [-0.1, -0.05) is 127 Å². The molecule has 0 radical (unpaired) electrons. The second kappa shape index (κ2) is 9.96. The van der Waals surface area contributed by atoms with E-state index in [-0.39, 0.29) is 0 Å². The third-order valence-corrected chi connectivity index (χ3v) is 10.1. The minimum absolute atomic E-state index is 0.768. The second-order valence-electron chi connectivity index (χ2n) is 12.7. The Morgan fingerprint density at radius 2 is 0.857 bits per heavy atom. The Kier molecular flexibility index (Phi) is 5.38. The molecule has 0 spiro atoms. The number of furan rings is 3. The first-order valence-corrected chi connectivity index (χ1v) is 16.6. The highest BCUT2D eigenvalue weighted by Crippen LogP contribution is 2.49. The Morgan fingerprint density at radius 1 is 0.327 bits per heavy atom. The molecule has 0 atom stereocenters. The van der Waals surface area contributed by atoms with Crippen LogP contribution in [0, 0.1) is 0 Å². The average Bonchev–Trinajstić information content (AvgIpc) is 3.88. The van der Waals surface area contributed by atoms with Crippen molar-refractivity contribution in [2.45, 2.75) is 0 Å². The molecule has 0 fully saturated rings. The summed E-state index contributed by atoms with van der Waals surface area (Å²) in [6, 6.07) is 55.4. The van der Waals surface area contributed by atoms with Gasteiger partial charge in [-0.05, 0) is 74.1 Å². The molecule has 0 aliphatic carbocycles. The van der Waals surface area contributed by atoms with Crippen LogP contribution in [-0.2, 0) is 0 Å². The molecule has 3 aromatic heterocycles. The van der Waals surface area contributed by atoms with Crippen molar-refractivity contribution in [2.24, 2.45) is 0 Å². The minimum atomic E-state index is 0.768. The molecule has 0 amide bonds. The van der Waals surface area contributed by atoms with Crippen LogP contribution in [0.25, 0.3) is 110 Å². The molecule has 8 aromatic carbocycles. The summed E-state index contributed by atoms with van der Waals surface area (Å²) < 4.78 is 19.5. The van der Waals surface area contributed by atoms with Gasteiger partial charge in [-0.2, -0.15) is 0 Å². The van der Waals surface area contributed by atoms with Crippen LogP contribution in [0.5, 0.6) is 0 Å². The van der Waals surface area contributed by atoms with Crippen molar-refractivity contribution in [3.05, 3.63) is 158 Å².